The SMILES string of the molecule is CN=C(NCC1CCCN(C)C1)N1CCN(Cc2cccc(C)c2)CC1.I. The Morgan fingerprint density at radius 3 is 2.63 bits per heavy atom. The molecule has 2 saturated heterocycles. The minimum absolute atomic E-state index is 0. The van der Waals surface area contributed by atoms with Crippen LogP contribution in [-0.2, 0) is 6.54 Å². The van der Waals surface area contributed by atoms with Crippen molar-refractivity contribution in [3.05, 3.63) is 35.4 Å². The highest BCUT2D eigenvalue weighted by Gasteiger charge is 2.22. The molecule has 6 heteroatoms. The van der Waals surface area contributed by atoms with Crippen LogP contribution in [0.3, 0.4) is 0 Å². The third kappa shape index (κ3) is 6.91. The van der Waals surface area contributed by atoms with Crippen molar-refractivity contribution in [2.45, 2.75) is 26.3 Å². The Morgan fingerprint density at radius 2 is 1.96 bits per heavy atom. The number of nitrogens with one attached hydrogen (secondary N) is 1. The zero-order valence-electron chi connectivity index (χ0n) is 17.2. The molecule has 2 fully saturated rings. The number of aryl methyl sites for hydroxylation is 1. The standard InChI is InChI=1S/C21H35N5.HI/c1-18-6-4-7-19(14-18)17-25-10-12-26(13-11-25)21(22-2)23-15-20-8-5-9-24(3)16-20;/h4,6-7,14,20H,5,8-13,15-17H2,1-3H3,(H,22,23);1H. The summed E-state index contributed by atoms with van der Waals surface area (Å²) in [5.74, 6) is 1.82. The number of piperidine rings is 1. The van der Waals surface area contributed by atoms with Crippen LogP contribution in [-0.4, -0.2) is 80.6 Å². The fraction of sp³-hybridized carbons (Fsp3) is 0.667. The molecular weight excluding hydrogens is 449 g/mol. The number of nitrogens with zero attached hydrogens (tertiary/aromatic N) is 4. The van der Waals surface area contributed by atoms with Crippen molar-refractivity contribution < 1.29 is 0 Å². The molecule has 1 atom stereocenters. The van der Waals surface area contributed by atoms with Crippen LogP contribution in [0.4, 0.5) is 0 Å². The number of benzene rings is 1. The molecule has 0 spiro atoms. The number of hydrogen-bond acceptors (Lipinski definition) is 3. The van der Waals surface area contributed by atoms with Crippen molar-refractivity contribution in [3.8, 4) is 0 Å². The predicted molar refractivity (Wildman–Crippen MR) is 125 cm³/mol. The fourth-order valence-corrected chi connectivity index (χ4v) is 4.19. The quantitative estimate of drug-likeness (QED) is 0.404. The van der Waals surface area contributed by atoms with Crippen LogP contribution >= 0.6 is 24.0 Å². The van der Waals surface area contributed by atoms with Crippen LogP contribution in [0.1, 0.15) is 24.0 Å². The van der Waals surface area contributed by atoms with Gasteiger partial charge in [-0.25, -0.2) is 0 Å². The predicted octanol–water partition coefficient (Wildman–Crippen LogP) is 2.65. The molecule has 0 amide bonds. The minimum atomic E-state index is 0. The lowest BCUT2D eigenvalue weighted by Gasteiger charge is -2.37. The van der Waals surface area contributed by atoms with Crippen LogP contribution < -0.4 is 5.32 Å². The molecule has 2 aliphatic heterocycles. The highest BCUT2D eigenvalue weighted by molar-refractivity contribution is 14.0. The third-order valence-corrected chi connectivity index (χ3v) is 5.64. The molecule has 0 aromatic heterocycles. The summed E-state index contributed by atoms with van der Waals surface area (Å²) in [5.41, 5.74) is 2.77. The van der Waals surface area contributed by atoms with Crippen molar-refractivity contribution in [2.75, 3.05) is 59.9 Å². The normalized spacial score (nSPS) is 22.4. The van der Waals surface area contributed by atoms with Gasteiger partial charge in [0.2, 0.25) is 0 Å². The summed E-state index contributed by atoms with van der Waals surface area (Å²) in [5, 5.41) is 3.63. The first-order valence-electron chi connectivity index (χ1n) is 10.1. The number of rotatable bonds is 4. The van der Waals surface area contributed by atoms with Gasteiger partial charge in [0.25, 0.3) is 0 Å². The molecule has 2 aliphatic rings. The lowest BCUT2D eigenvalue weighted by atomic mass is 9.98. The van der Waals surface area contributed by atoms with Gasteiger partial charge in [-0.1, -0.05) is 29.8 Å². The molecule has 0 aliphatic carbocycles. The molecule has 3 rings (SSSR count). The van der Waals surface area contributed by atoms with Crippen molar-refractivity contribution in [1.82, 2.24) is 20.0 Å². The zero-order chi connectivity index (χ0) is 18.4. The van der Waals surface area contributed by atoms with Crippen LogP contribution in [0, 0.1) is 12.8 Å². The molecule has 0 bridgehead atoms. The number of likely N-dealkylation sites (tertiary alicyclic amines) is 1. The Kier molecular flexibility index (Phi) is 9.32. The van der Waals surface area contributed by atoms with Gasteiger partial charge in [0, 0.05) is 52.9 Å². The first-order chi connectivity index (χ1) is 12.6. The largest absolute Gasteiger partial charge is 0.356 e. The van der Waals surface area contributed by atoms with E-state index in [0.29, 0.717) is 0 Å². The number of guanidine groups is 1. The van der Waals surface area contributed by atoms with E-state index >= 15 is 0 Å². The molecule has 0 radical (unpaired) electrons. The van der Waals surface area contributed by atoms with Crippen LogP contribution in [0.5, 0.6) is 0 Å². The maximum absolute atomic E-state index is 4.54. The molecule has 1 aromatic rings. The second-order valence-electron chi connectivity index (χ2n) is 7.95. The van der Waals surface area contributed by atoms with E-state index in [0.717, 1.165) is 51.1 Å². The second kappa shape index (κ2) is 11.2. The van der Waals surface area contributed by atoms with Crippen molar-refractivity contribution in [2.24, 2.45) is 10.9 Å². The number of halogens is 1. The summed E-state index contributed by atoms with van der Waals surface area (Å²) in [6, 6.07) is 8.87. The molecule has 1 N–H and O–H groups in total. The first kappa shape index (κ1) is 22.4. The number of piperazine rings is 1. The summed E-state index contributed by atoms with van der Waals surface area (Å²) in [7, 11) is 4.14. The highest BCUT2D eigenvalue weighted by Crippen LogP contribution is 2.14. The maximum atomic E-state index is 4.54. The van der Waals surface area contributed by atoms with Gasteiger partial charge in [-0.05, 0) is 44.8 Å². The van der Waals surface area contributed by atoms with Crippen molar-refractivity contribution in [1.29, 1.82) is 0 Å². The average Bonchev–Trinajstić information content (AvgIpc) is 2.64. The Hall–Kier alpha value is -0.860. The fourth-order valence-electron chi connectivity index (χ4n) is 4.19. The average molecular weight is 485 g/mol. The summed E-state index contributed by atoms with van der Waals surface area (Å²) < 4.78 is 0. The van der Waals surface area contributed by atoms with Crippen LogP contribution in [0.2, 0.25) is 0 Å². The van der Waals surface area contributed by atoms with E-state index < -0.39 is 0 Å². The Labute approximate surface area is 182 Å². The van der Waals surface area contributed by atoms with Gasteiger partial charge in [-0.15, -0.1) is 24.0 Å². The van der Waals surface area contributed by atoms with Gasteiger partial charge in [-0.2, -0.15) is 0 Å². The highest BCUT2D eigenvalue weighted by atomic mass is 127. The minimum Gasteiger partial charge on any atom is -0.356 e. The molecule has 152 valence electrons. The monoisotopic (exact) mass is 485 g/mol. The summed E-state index contributed by atoms with van der Waals surface area (Å²) in [4.78, 5) is 11.9. The van der Waals surface area contributed by atoms with Gasteiger partial charge in [0.05, 0.1) is 0 Å². The van der Waals surface area contributed by atoms with Gasteiger partial charge in [0.1, 0.15) is 0 Å². The van der Waals surface area contributed by atoms with Gasteiger partial charge in [-0.3, -0.25) is 9.89 Å². The Balaban J connectivity index is 0.00000261. The summed E-state index contributed by atoms with van der Waals surface area (Å²) >= 11 is 0. The number of aliphatic imine (C=N–C) groups is 1. The molecule has 2 heterocycles. The van der Waals surface area contributed by atoms with Crippen molar-refractivity contribution in [3.63, 3.8) is 0 Å². The van der Waals surface area contributed by atoms with E-state index in [1.165, 1.54) is 37.1 Å². The van der Waals surface area contributed by atoms with E-state index in [4.69, 9.17) is 0 Å². The van der Waals surface area contributed by atoms with Gasteiger partial charge < -0.3 is 15.1 Å². The van der Waals surface area contributed by atoms with E-state index in [2.05, 4.69) is 63.2 Å². The maximum Gasteiger partial charge on any atom is 0.193 e. The molecule has 1 unspecified atom stereocenters. The Bertz CT molecular complexity index is 598. The molecule has 1 aromatic carbocycles. The van der Waals surface area contributed by atoms with Gasteiger partial charge >= 0.3 is 0 Å². The second-order valence-corrected chi connectivity index (χ2v) is 7.95. The summed E-state index contributed by atoms with van der Waals surface area (Å²) in [6.45, 7) is 11.0. The lowest BCUT2D eigenvalue weighted by Crippen LogP contribution is -2.53. The van der Waals surface area contributed by atoms with Gasteiger partial charge in [0.15, 0.2) is 5.96 Å². The zero-order valence-corrected chi connectivity index (χ0v) is 19.5. The third-order valence-electron chi connectivity index (χ3n) is 5.64. The molecule has 5 nitrogen and oxygen atoms in total. The molecular formula is C21H36IN5. The van der Waals surface area contributed by atoms with Crippen LogP contribution in [0.15, 0.2) is 29.3 Å². The van der Waals surface area contributed by atoms with Crippen molar-refractivity contribution >= 4 is 29.9 Å². The topological polar surface area (TPSA) is 34.1 Å². The van der Waals surface area contributed by atoms with Crippen LogP contribution in [0.25, 0.3) is 0 Å². The van der Waals surface area contributed by atoms with E-state index in [1.807, 2.05) is 7.05 Å². The van der Waals surface area contributed by atoms with E-state index in [1.54, 1.807) is 0 Å². The smallest absolute Gasteiger partial charge is 0.193 e. The number of hydrogen-bond donors (Lipinski definition) is 1. The summed E-state index contributed by atoms with van der Waals surface area (Å²) in [6.07, 6.45) is 2.65. The van der Waals surface area contributed by atoms with E-state index in [9.17, 15) is 0 Å². The lowest BCUT2D eigenvalue weighted by molar-refractivity contribution is 0.170. The first-order valence-corrected chi connectivity index (χ1v) is 10.1. The van der Waals surface area contributed by atoms with E-state index in [-0.39, 0.29) is 24.0 Å². The Morgan fingerprint density at radius 1 is 1.19 bits per heavy atom. The molecule has 0 saturated carbocycles. The molecule has 27 heavy (non-hydrogen) atoms.